The van der Waals surface area contributed by atoms with Gasteiger partial charge in [-0.2, -0.15) is 0 Å². The highest BCUT2D eigenvalue weighted by Gasteiger charge is 2.29. The molecule has 0 atom stereocenters. The summed E-state index contributed by atoms with van der Waals surface area (Å²) in [5.74, 6) is 0.0000877. The van der Waals surface area contributed by atoms with E-state index in [-0.39, 0.29) is 18.4 Å². The molecule has 1 aromatic heterocycles. The molecule has 2 aromatic rings. The van der Waals surface area contributed by atoms with E-state index in [4.69, 9.17) is 11.6 Å². The van der Waals surface area contributed by atoms with Crippen LogP contribution in [0.25, 0.3) is 0 Å². The molecule has 130 valence electrons. The number of fused-ring (bicyclic) bond motifs is 1. The number of benzene rings is 1. The van der Waals surface area contributed by atoms with Crippen molar-refractivity contribution in [2.75, 3.05) is 17.2 Å². The number of carbonyl (C=O) groups excluding carboxylic acids is 2. The lowest BCUT2D eigenvalue weighted by Gasteiger charge is -2.29. The summed E-state index contributed by atoms with van der Waals surface area (Å²) in [5.41, 5.74) is 3.51. The molecule has 5 nitrogen and oxygen atoms in total. The van der Waals surface area contributed by atoms with E-state index in [1.807, 2.05) is 32.0 Å². The van der Waals surface area contributed by atoms with Gasteiger partial charge in [0.15, 0.2) is 0 Å². The summed E-state index contributed by atoms with van der Waals surface area (Å²) in [6.45, 7) is 4.21. The van der Waals surface area contributed by atoms with Gasteiger partial charge in [0.2, 0.25) is 11.8 Å². The number of aryl methyl sites for hydroxylation is 2. The minimum Gasteiger partial charge on any atom is -0.350 e. The smallest absolute Gasteiger partial charge is 0.240 e. The Balaban J connectivity index is 1.72. The number of thioether (sulfide) groups is 1. The highest BCUT2D eigenvalue weighted by molar-refractivity contribution is 8.00. The number of nitrogens with zero attached hydrogens (tertiary/aromatic N) is 2. The zero-order valence-electron chi connectivity index (χ0n) is 14.0. The van der Waals surface area contributed by atoms with E-state index in [2.05, 4.69) is 10.3 Å². The molecule has 1 aliphatic heterocycles. The number of hydrogen-bond donors (Lipinski definition) is 1. The first-order chi connectivity index (χ1) is 11.9. The van der Waals surface area contributed by atoms with Crippen LogP contribution in [0.15, 0.2) is 35.4 Å². The molecule has 0 unspecified atom stereocenters. The number of pyridine rings is 1. The Labute approximate surface area is 155 Å². The largest absolute Gasteiger partial charge is 0.350 e. The van der Waals surface area contributed by atoms with E-state index in [0.717, 1.165) is 27.5 Å². The molecule has 0 fully saturated rings. The molecule has 0 aliphatic carbocycles. The SMILES string of the molecule is Cc1cc(C)c2c(n1)SCC(=O)N2CC(=O)NCc1cccc(Cl)c1. The van der Waals surface area contributed by atoms with E-state index in [1.165, 1.54) is 16.7 Å². The molecule has 3 rings (SSSR count). The van der Waals surface area contributed by atoms with Crippen LogP contribution < -0.4 is 10.2 Å². The van der Waals surface area contributed by atoms with Crippen LogP contribution in [-0.4, -0.2) is 29.1 Å². The van der Waals surface area contributed by atoms with Crippen molar-refractivity contribution in [3.8, 4) is 0 Å². The lowest BCUT2D eigenvalue weighted by atomic mass is 10.2. The minimum atomic E-state index is -0.217. The Kier molecular flexibility index (Phi) is 5.30. The fraction of sp³-hybridized carbons (Fsp3) is 0.278. The predicted molar refractivity (Wildman–Crippen MR) is 100 cm³/mol. The zero-order chi connectivity index (χ0) is 18.0. The van der Waals surface area contributed by atoms with Crippen LogP contribution in [0.1, 0.15) is 16.8 Å². The first kappa shape index (κ1) is 17.8. The Morgan fingerprint density at radius 2 is 2.16 bits per heavy atom. The van der Waals surface area contributed by atoms with Crippen LogP contribution in [0.4, 0.5) is 5.69 Å². The summed E-state index contributed by atoms with van der Waals surface area (Å²) in [5, 5.41) is 4.27. The van der Waals surface area contributed by atoms with Crippen molar-refractivity contribution in [1.29, 1.82) is 0 Å². The topological polar surface area (TPSA) is 62.3 Å². The molecule has 1 N–H and O–H groups in total. The highest BCUT2D eigenvalue weighted by atomic mass is 35.5. The number of anilines is 1. The second kappa shape index (κ2) is 7.45. The first-order valence-electron chi connectivity index (χ1n) is 7.86. The van der Waals surface area contributed by atoms with E-state index < -0.39 is 0 Å². The van der Waals surface area contributed by atoms with E-state index in [1.54, 1.807) is 12.1 Å². The summed E-state index contributed by atoms with van der Waals surface area (Å²) in [6.07, 6.45) is 0. The summed E-state index contributed by atoms with van der Waals surface area (Å²) >= 11 is 7.37. The molecule has 0 spiro atoms. The third kappa shape index (κ3) is 4.14. The number of hydrogen-bond acceptors (Lipinski definition) is 4. The summed E-state index contributed by atoms with van der Waals surface area (Å²) in [7, 11) is 0. The third-order valence-electron chi connectivity index (χ3n) is 3.86. The summed E-state index contributed by atoms with van der Waals surface area (Å²) in [4.78, 5) is 30.7. The van der Waals surface area contributed by atoms with E-state index in [9.17, 15) is 9.59 Å². The molecule has 0 saturated heterocycles. The average molecular weight is 376 g/mol. The monoisotopic (exact) mass is 375 g/mol. The van der Waals surface area contributed by atoms with Crippen molar-refractivity contribution in [1.82, 2.24) is 10.3 Å². The second-order valence-electron chi connectivity index (χ2n) is 5.91. The molecule has 1 aromatic carbocycles. The first-order valence-corrected chi connectivity index (χ1v) is 9.23. The molecule has 0 saturated carbocycles. The lowest BCUT2D eigenvalue weighted by molar-refractivity contribution is -0.123. The highest BCUT2D eigenvalue weighted by Crippen LogP contribution is 2.36. The molecule has 2 amide bonds. The van der Waals surface area contributed by atoms with Gasteiger partial charge in [-0.25, -0.2) is 4.98 Å². The van der Waals surface area contributed by atoms with Crippen LogP contribution in [0.5, 0.6) is 0 Å². The number of aromatic nitrogens is 1. The molecule has 7 heteroatoms. The Morgan fingerprint density at radius 1 is 1.36 bits per heavy atom. The quantitative estimate of drug-likeness (QED) is 0.891. The Bertz CT molecular complexity index is 841. The van der Waals surface area contributed by atoms with Gasteiger partial charge in [-0.15, -0.1) is 0 Å². The number of nitrogens with one attached hydrogen (secondary N) is 1. The van der Waals surface area contributed by atoms with Gasteiger partial charge in [0.1, 0.15) is 11.6 Å². The van der Waals surface area contributed by atoms with Gasteiger partial charge in [-0.05, 0) is 43.2 Å². The van der Waals surface area contributed by atoms with Gasteiger partial charge in [-0.1, -0.05) is 35.5 Å². The maximum atomic E-state index is 12.3. The number of rotatable bonds is 4. The van der Waals surface area contributed by atoms with E-state index >= 15 is 0 Å². The van der Waals surface area contributed by atoms with Crippen LogP contribution in [-0.2, 0) is 16.1 Å². The predicted octanol–water partition coefficient (Wildman–Crippen LogP) is 3.11. The van der Waals surface area contributed by atoms with Crippen LogP contribution in [0.2, 0.25) is 5.02 Å². The summed E-state index contributed by atoms with van der Waals surface area (Å²) in [6, 6.07) is 9.24. The van der Waals surface area contributed by atoms with Gasteiger partial charge in [0.05, 0.1) is 11.4 Å². The van der Waals surface area contributed by atoms with Gasteiger partial charge in [0.25, 0.3) is 0 Å². The van der Waals surface area contributed by atoms with Crippen LogP contribution in [0.3, 0.4) is 0 Å². The molecular formula is C18H18ClN3O2S. The molecule has 0 radical (unpaired) electrons. The summed E-state index contributed by atoms with van der Waals surface area (Å²) < 4.78 is 0. The molecule has 25 heavy (non-hydrogen) atoms. The average Bonchev–Trinajstić information content (AvgIpc) is 2.55. The fourth-order valence-corrected chi connectivity index (χ4v) is 4.02. The van der Waals surface area contributed by atoms with Crippen molar-refractivity contribution < 1.29 is 9.59 Å². The lowest BCUT2D eigenvalue weighted by Crippen LogP contribution is -2.43. The second-order valence-corrected chi connectivity index (χ2v) is 7.31. The maximum Gasteiger partial charge on any atom is 0.240 e. The van der Waals surface area contributed by atoms with Crippen molar-refractivity contribution in [3.63, 3.8) is 0 Å². The van der Waals surface area contributed by atoms with Crippen LogP contribution >= 0.6 is 23.4 Å². The van der Waals surface area contributed by atoms with Crippen LogP contribution in [0, 0.1) is 13.8 Å². The molecule has 2 heterocycles. The third-order valence-corrected chi connectivity index (χ3v) is 5.05. The number of halogens is 1. The van der Waals surface area contributed by atoms with Gasteiger partial charge in [-0.3, -0.25) is 14.5 Å². The number of carbonyl (C=O) groups is 2. The standard InChI is InChI=1S/C18H18ClN3O2S/c1-11-6-12(2)21-18-17(11)22(16(24)10-25-18)9-15(23)20-8-13-4-3-5-14(19)7-13/h3-7H,8-10H2,1-2H3,(H,20,23). The fourth-order valence-electron chi connectivity index (χ4n) is 2.77. The van der Waals surface area contributed by atoms with Crippen molar-refractivity contribution in [2.24, 2.45) is 0 Å². The van der Waals surface area contributed by atoms with Gasteiger partial charge in [0, 0.05) is 17.3 Å². The van der Waals surface area contributed by atoms with Gasteiger partial charge >= 0.3 is 0 Å². The Morgan fingerprint density at radius 3 is 2.92 bits per heavy atom. The van der Waals surface area contributed by atoms with Crippen molar-refractivity contribution >= 4 is 40.9 Å². The molecule has 0 bridgehead atoms. The molecular weight excluding hydrogens is 358 g/mol. The van der Waals surface area contributed by atoms with Crippen molar-refractivity contribution in [3.05, 3.63) is 52.2 Å². The van der Waals surface area contributed by atoms with Crippen molar-refractivity contribution in [2.45, 2.75) is 25.4 Å². The van der Waals surface area contributed by atoms with Gasteiger partial charge < -0.3 is 5.32 Å². The van der Waals surface area contributed by atoms with E-state index in [0.29, 0.717) is 17.3 Å². The molecule has 1 aliphatic rings. The zero-order valence-corrected chi connectivity index (χ0v) is 15.6. The minimum absolute atomic E-state index is 0.0153. The Hall–Kier alpha value is -2.05. The normalized spacial score (nSPS) is 13.6. The maximum absolute atomic E-state index is 12.3. The number of amides is 2.